The molecule has 0 spiro atoms. The van der Waals surface area contributed by atoms with E-state index in [1.54, 1.807) is 42.5 Å². The van der Waals surface area contributed by atoms with E-state index >= 15 is 0 Å². The summed E-state index contributed by atoms with van der Waals surface area (Å²) in [5, 5.41) is 3.95. The Kier molecular flexibility index (Phi) is 6.30. The number of ketones is 1. The van der Waals surface area contributed by atoms with Crippen LogP contribution in [0.1, 0.15) is 21.6 Å². The zero-order valence-corrected chi connectivity index (χ0v) is 18.2. The predicted molar refractivity (Wildman–Crippen MR) is 125 cm³/mol. The molecule has 0 aliphatic rings. The molecule has 0 aliphatic heterocycles. The number of aromatic nitrogens is 2. The number of thioether (sulfide) groups is 1. The maximum absolute atomic E-state index is 12.9. The van der Waals surface area contributed by atoms with Crippen molar-refractivity contribution in [2.75, 3.05) is 11.1 Å². The summed E-state index contributed by atoms with van der Waals surface area (Å²) in [5.41, 5.74) is 3.66. The lowest BCUT2D eigenvalue weighted by atomic mass is 10.0. The van der Waals surface area contributed by atoms with Crippen LogP contribution in [0.5, 0.6) is 0 Å². The Bertz CT molecular complexity index is 1280. The minimum atomic E-state index is -0.246. The number of anilines is 1. The van der Waals surface area contributed by atoms with Gasteiger partial charge < -0.3 is 5.32 Å². The van der Waals surface area contributed by atoms with Crippen LogP contribution in [-0.2, 0) is 4.79 Å². The first-order valence-corrected chi connectivity index (χ1v) is 10.9. The molecular formula is C24H18ClN3O2S. The lowest BCUT2D eigenvalue weighted by Crippen LogP contribution is -2.17. The molecule has 1 heterocycles. The van der Waals surface area contributed by atoms with Gasteiger partial charge in [0.15, 0.2) is 5.78 Å². The first-order chi connectivity index (χ1) is 15.0. The Labute approximate surface area is 188 Å². The maximum Gasteiger partial charge on any atom is 0.234 e. The number of nitrogens with one attached hydrogen (secondary N) is 1. The fraction of sp³-hybridized carbons (Fsp3) is 0.0833. The number of fused-ring (bicyclic) bond motifs is 1. The highest BCUT2D eigenvalue weighted by atomic mass is 35.5. The average molecular weight is 448 g/mol. The first-order valence-electron chi connectivity index (χ1n) is 9.56. The Hall–Kier alpha value is -3.22. The molecule has 1 aromatic heterocycles. The van der Waals surface area contributed by atoms with Gasteiger partial charge in [0.1, 0.15) is 5.03 Å². The molecule has 0 unspecified atom stereocenters. The highest BCUT2D eigenvalue weighted by molar-refractivity contribution is 8.00. The van der Waals surface area contributed by atoms with Crippen LogP contribution >= 0.6 is 23.4 Å². The van der Waals surface area contributed by atoms with Crippen molar-refractivity contribution < 1.29 is 9.59 Å². The second-order valence-electron chi connectivity index (χ2n) is 6.82. The van der Waals surface area contributed by atoms with Crippen molar-refractivity contribution >= 4 is 51.8 Å². The minimum absolute atomic E-state index is 0.134. The number of para-hydroxylation sites is 2. The minimum Gasteiger partial charge on any atom is -0.325 e. The topological polar surface area (TPSA) is 72.0 Å². The van der Waals surface area contributed by atoms with E-state index in [0.717, 1.165) is 16.7 Å². The van der Waals surface area contributed by atoms with Crippen LogP contribution in [0.25, 0.3) is 11.0 Å². The number of hydrogen-bond donors (Lipinski definition) is 1. The van der Waals surface area contributed by atoms with Gasteiger partial charge >= 0.3 is 0 Å². The lowest BCUT2D eigenvalue weighted by molar-refractivity contribution is -0.113. The molecule has 3 aromatic carbocycles. The summed E-state index contributed by atoms with van der Waals surface area (Å²) >= 11 is 7.41. The third kappa shape index (κ3) is 4.93. The van der Waals surface area contributed by atoms with E-state index in [1.807, 2.05) is 37.3 Å². The number of halogens is 1. The van der Waals surface area contributed by atoms with Gasteiger partial charge in [-0.25, -0.2) is 9.97 Å². The molecule has 0 atom stereocenters. The molecule has 4 aromatic rings. The number of rotatable bonds is 6. The molecule has 0 bridgehead atoms. The number of aryl methyl sites for hydroxylation is 1. The van der Waals surface area contributed by atoms with Crippen molar-refractivity contribution in [1.82, 2.24) is 9.97 Å². The number of carbonyl (C=O) groups excluding carboxylic acids is 2. The maximum atomic E-state index is 12.9. The summed E-state index contributed by atoms with van der Waals surface area (Å²) in [6, 6.07) is 21.3. The zero-order valence-electron chi connectivity index (χ0n) is 16.6. The molecule has 0 fully saturated rings. The molecule has 154 valence electrons. The quantitative estimate of drug-likeness (QED) is 0.309. The van der Waals surface area contributed by atoms with E-state index in [2.05, 4.69) is 15.3 Å². The van der Waals surface area contributed by atoms with Crippen LogP contribution in [0.15, 0.2) is 77.8 Å². The molecule has 0 saturated heterocycles. The summed E-state index contributed by atoms with van der Waals surface area (Å²) in [6.45, 7) is 1.87. The van der Waals surface area contributed by atoms with Crippen molar-refractivity contribution in [3.63, 3.8) is 0 Å². The van der Waals surface area contributed by atoms with Gasteiger partial charge in [-0.2, -0.15) is 0 Å². The molecule has 31 heavy (non-hydrogen) atoms. The second kappa shape index (κ2) is 9.29. The summed E-state index contributed by atoms with van der Waals surface area (Å²) < 4.78 is 0. The predicted octanol–water partition coefficient (Wildman–Crippen LogP) is 5.55. The molecular weight excluding hydrogens is 430 g/mol. The Balaban J connectivity index is 1.50. The van der Waals surface area contributed by atoms with E-state index in [4.69, 9.17) is 11.6 Å². The number of carbonyl (C=O) groups is 2. The highest BCUT2D eigenvalue weighted by Crippen LogP contribution is 2.25. The van der Waals surface area contributed by atoms with Crippen molar-refractivity contribution in [3.05, 3.63) is 94.6 Å². The van der Waals surface area contributed by atoms with Gasteiger partial charge in [-0.3, -0.25) is 9.59 Å². The van der Waals surface area contributed by atoms with Crippen molar-refractivity contribution in [2.24, 2.45) is 0 Å². The smallest absolute Gasteiger partial charge is 0.234 e. The fourth-order valence-corrected chi connectivity index (χ4v) is 4.02. The standard InChI is InChI=1S/C24H18ClN3O2S/c1-15-24(28-21-10-6-5-9-20(21)26-15)31-14-22(29)27-19-12-11-17(25)13-18(19)23(30)16-7-3-2-4-8-16/h2-13H,14H2,1H3,(H,27,29). The molecule has 1 amide bonds. The molecule has 4 rings (SSSR count). The van der Waals surface area contributed by atoms with Gasteiger partial charge in [-0.1, -0.05) is 65.8 Å². The van der Waals surface area contributed by atoms with Crippen molar-refractivity contribution in [2.45, 2.75) is 11.9 Å². The largest absolute Gasteiger partial charge is 0.325 e. The van der Waals surface area contributed by atoms with Crippen LogP contribution in [0, 0.1) is 6.92 Å². The number of benzene rings is 3. The second-order valence-corrected chi connectivity index (χ2v) is 8.23. The third-order valence-electron chi connectivity index (χ3n) is 4.58. The SMILES string of the molecule is Cc1nc2ccccc2nc1SCC(=O)Nc1ccc(Cl)cc1C(=O)c1ccccc1. The molecule has 5 nitrogen and oxygen atoms in total. The number of amides is 1. The summed E-state index contributed by atoms with van der Waals surface area (Å²) in [6.07, 6.45) is 0. The number of hydrogen-bond acceptors (Lipinski definition) is 5. The Morgan fingerprint density at radius 3 is 2.35 bits per heavy atom. The monoisotopic (exact) mass is 447 g/mol. The van der Waals surface area contributed by atoms with Gasteiger partial charge in [-0.05, 0) is 37.3 Å². The summed E-state index contributed by atoms with van der Waals surface area (Å²) in [4.78, 5) is 34.7. The van der Waals surface area contributed by atoms with Gasteiger partial charge in [0.05, 0.1) is 28.2 Å². The summed E-state index contributed by atoms with van der Waals surface area (Å²) in [5.74, 6) is -0.318. The molecule has 7 heteroatoms. The molecule has 0 radical (unpaired) electrons. The van der Waals surface area contributed by atoms with E-state index in [0.29, 0.717) is 26.9 Å². The molecule has 0 saturated carbocycles. The van der Waals surface area contributed by atoms with Crippen molar-refractivity contribution in [1.29, 1.82) is 0 Å². The van der Waals surface area contributed by atoms with Crippen LogP contribution < -0.4 is 5.32 Å². The van der Waals surface area contributed by atoms with Crippen LogP contribution in [0.3, 0.4) is 0 Å². The van der Waals surface area contributed by atoms with Crippen LogP contribution in [0.2, 0.25) is 5.02 Å². The van der Waals surface area contributed by atoms with E-state index in [1.165, 1.54) is 11.8 Å². The van der Waals surface area contributed by atoms with E-state index in [9.17, 15) is 9.59 Å². The van der Waals surface area contributed by atoms with Crippen LogP contribution in [-0.4, -0.2) is 27.4 Å². The summed E-state index contributed by atoms with van der Waals surface area (Å²) in [7, 11) is 0. The fourth-order valence-electron chi connectivity index (χ4n) is 3.09. The van der Waals surface area contributed by atoms with E-state index < -0.39 is 0 Å². The third-order valence-corrected chi connectivity index (χ3v) is 5.88. The molecule has 1 N–H and O–H groups in total. The van der Waals surface area contributed by atoms with Gasteiger partial charge in [0, 0.05) is 16.1 Å². The Morgan fingerprint density at radius 2 is 1.61 bits per heavy atom. The van der Waals surface area contributed by atoms with Crippen molar-refractivity contribution in [3.8, 4) is 0 Å². The van der Waals surface area contributed by atoms with Crippen LogP contribution in [0.4, 0.5) is 5.69 Å². The zero-order chi connectivity index (χ0) is 21.8. The van der Waals surface area contributed by atoms with Gasteiger partial charge in [0.25, 0.3) is 0 Å². The number of nitrogens with zero attached hydrogens (tertiary/aromatic N) is 2. The lowest BCUT2D eigenvalue weighted by Gasteiger charge is -2.11. The average Bonchev–Trinajstić information content (AvgIpc) is 2.79. The normalized spacial score (nSPS) is 10.8. The highest BCUT2D eigenvalue weighted by Gasteiger charge is 2.17. The van der Waals surface area contributed by atoms with Gasteiger partial charge in [-0.15, -0.1) is 0 Å². The molecule has 0 aliphatic carbocycles. The first kappa shape index (κ1) is 21.0. The Morgan fingerprint density at radius 1 is 0.935 bits per heavy atom. The van der Waals surface area contributed by atoms with E-state index in [-0.39, 0.29) is 17.4 Å². The van der Waals surface area contributed by atoms with Gasteiger partial charge in [0.2, 0.25) is 5.91 Å².